The highest BCUT2D eigenvalue weighted by Gasteiger charge is 2.33. The van der Waals surface area contributed by atoms with E-state index in [2.05, 4.69) is 10.2 Å². The predicted molar refractivity (Wildman–Crippen MR) is 80.5 cm³/mol. The zero-order chi connectivity index (χ0) is 15.4. The van der Waals surface area contributed by atoms with Crippen molar-refractivity contribution < 1.29 is 14.4 Å². The first-order valence-corrected chi connectivity index (χ1v) is 7.73. The molecule has 2 aliphatic heterocycles. The summed E-state index contributed by atoms with van der Waals surface area (Å²) in [6.45, 7) is 3.24. The van der Waals surface area contributed by atoms with Gasteiger partial charge in [0.25, 0.3) is 0 Å². The second kappa shape index (κ2) is 6.89. The van der Waals surface area contributed by atoms with Crippen LogP contribution in [-0.2, 0) is 21.0 Å². The molecule has 2 aliphatic rings. The van der Waals surface area contributed by atoms with Crippen LogP contribution in [0, 0.1) is 0 Å². The van der Waals surface area contributed by atoms with E-state index in [0.717, 1.165) is 18.5 Å². The van der Waals surface area contributed by atoms with Gasteiger partial charge in [0.15, 0.2) is 0 Å². The van der Waals surface area contributed by atoms with Crippen LogP contribution in [0.5, 0.6) is 0 Å². The summed E-state index contributed by atoms with van der Waals surface area (Å²) in [5.41, 5.74) is 1.15. The van der Waals surface area contributed by atoms with Crippen molar-refractivity contribution in [2.24, 2.45) is 0 Å². The number of hydrogen-bond acceptors (Lipinski definition) is 4. The smallest absolute Gasteiger partial charge is 0.248 e. The fourth-order valence-electron chi connectivity index (χ4n) is 2.90. The van der Waals surface area contributed by atoms with E-state index in [1.54, 1.807) is 0 Å². The van der Waals surface area contributed by atoms with Crippen LogP contribution >= 0.6 is 0 Å². The Morgan fingerprint density at radius 1 is 1.27 bits per heavy atom. The molecule has 2 saturated heterocycles. The molecule has 22 heavy (non-hydrogen) atoms. The van der Waals surface area contributed by atoms with Crippen molar-refractivity contribution in [1.29, 1.82) is 0 Å². The topological polar surface area (TPSA) is 61.9 Å². The molecule has 0 spiro atoms. The van der Waals surface area contributed by atoms with Gasteiger partial charge in [0.2, 0.25) is 11.8 Å². The van der Waals surface area contributed by atoms with Crippen molar-refractivity contribution in [3.63, 3.8) is 0 Å². The number of rotatable bonds is 4. The second-order valence-electron chi connectivity index (χ2n) is 5.65. The molecule has 0 aromatic heterocycles. The summed E-state index contributed by atoms with van der Waals surface area (Å²) in [5, 5.41) is 4.24. The molecule has 1 aromatic carbocycles. The van der Waals surface area contributed by atoms with Crippen molar-refractivity contribution in [3.05, 3.63) is 35.9 Å². The number of benzene rings is 1. The molecule has 2 heterocycles. The quantitative estimate of drug-likeness (QED) is 0.882. The van der Waals surface area contributed by atoms with Crippen LogP contribution in [0.3, 0.4) is 0 Å². The maximum absolute atomic E-state index is 12.3. The summed E-state index contributed by atoms with van der Waals surface area (Å²) in [7, 11) is 0. The molecule has 6 heteroatoms. The van der Waals surface area contributed by atoms with Crippen LogP contribution in [0.15, 0.2) is 30.3 Å². The van der Waals surface area contributed by atoms with Crippen molar-refractivity contribution >= 4 is 11.8 Å². The van der Waals surface area contributed by atoms with E-state index in [-0.39, 0.29) is 18.2 Å². The number of amides is 2. The third-order valence-corrected chi connectivity index (χ3v) is 4.07. The minimum absolute atomic E-state index is 0.0743. The van der Waals surface area contributed by atoms with Gasteiger partial charge in [0, 0.05) is 19.6 Å². The van der Waals surface area contributed by atoms with Gasteiger partial charge in [-0.1, -0.05) is 30.3 Å². The summed E-state index contributed by atoms with van der Waals surface area (Å²) in [5.74, 6) is -0.188. The standard InChI is InChI=1S/C16H21N3O3/c20-15(19-8-4-10-22-19)11-14-16(21)17-7-9-18(14)12-13-5-2-1-3-6-13/h1-3,5-6,14H,4,7-12H2,(H,17,21). The SMILES string of the molecule is O=C1NCCN(Cc2ccccc2)C1CC(=O)N1CCCO1. The van der Waals surface area contributed by atoms with E-state index in [4.69, 9.17) is 4.84 Å². The fourth-order valence-corrected chi connectivity index (χ4v) is 2.90. The van der Waals surface area contributed by atoms with Gasteiger partial charge in [-0.05, 0) is 12.0 Å². The first kappa shape index (κ1) is 15.0. The summed E-state index contributed by atoms with van der Waals surface area (Å²) < 4.78 is 0. The first-order chi connectivity index (χ1) is 10.7. The van der Waals surface area contributed by atoms with Crippen molar-refractivity contribution in [1.82, 2.24) is 15.3 Å². The molecule has 0 bridgehead atoms. The van der Waals surface area contributed by atoms with Crippen LogP contribution in [0.4, 0.5) is 0 Å². The lowest BCUT2D eigenvalue weighted by Gasteiger charge is -2.35. The zero-order valence-electron chi connectivity index (χ0n) is 12.5. The number of hydrogen-bond donors (Lipinski definition) is 1. The minimum Gasteiger partial charge on any atom is -0.353 e. The molecule has 1 aromatic rings. The van der Waals surface area contributed by atoms with Gasteiger partial charge in [-0.2, -0.15) is 0 Å². The van der Waals surface area contributed by atoms with Gasteiger partial charge in [-0.15, -0.1) is 0 Å². The minimum atomic E-state index is -0.425. The lowest BCUT2D eigenvalue weighted by molar-refractivity contribution is -0.171. The highest BCUT2D eigenvalue weighted by atomic mass is 16.7. The number of piperazine rings is 1. The lowest BCUT2D eigenvalue weighted by atomic mass is 10.1. The average molecular weight is 303 g/mol. The zero-order valence-corrected chi connectivity index (χ0v) is 12.5. The second-order valence-corrected chi connectivity index (χ2v) is 5.65. The Morgan fingerprint density at radius 3 is 2.82 bits per heavy atom. The van der Waals surface area contributed by atoms with Crippen LogP contribution in [0.1, 0.15) is 18.4 Å². The number of carbonyl (C=O) groups excluding carboxylic acids is 2. The fraction of sp³-hybridized carbons (Fsp3) is 0.500. The third kappa shape index (κ3) is 3.45. The molecule has 0 saturated carbocycles. The summed E-state index contributed by atoms with van der Waals surface area (Å²) >= 11 is 0. The van der Waals surface area contributed by atoms with E-state index in [0.29, 0.717) is 26.2 Å². The van der Waals surface area contributed by atoms with E-state index in [1.165, 1.54) is 5.06 Å². The summed E-state index contributed by atoms with van der Waals surface area (Å²) in [4.78, 5) is 31.8. The Labute approximate surface area is 130 Å². The highest BCUT2D eigenvalue weighted by molar-refractivity contribution is 5.88. The Balaban J connectivity index is 1.67. The summed E-state index contributed by atoms with van der Waals surface area (Å²) in [6, 6.07) is 9.59. The molecule has 3 rings (SSSR count). The van der Waals surface area contributed by atoms with E-state index in [1.807, 2.05) is 30.3 Å². The van der Waals surface area contributed by atoms with Crippen LogP contribution < -0.4 is 5.32 Å². The summed E-state index contributed by atoms with van der Waals surface area (Å²) in [6.07, 6.45) is 1.02. The van der Waals surface area contributed by atoms with E-state index >= 15 is 0 Å². The number of nitrogens with one attached hydrogen (secondary N) is 1. The van der Waals surface area contributed by atoms with E-state index in [9.17, 15) is 9.59 Å². The number of carbonyl (C=O) groups is 2. The molecule has 1 N–H and O–H groups in total. The monoisotopic (exact) mass is 303 g/mol. The van der Waals surface area contributed by atoms with Crippen molar-refractivity contribution in [2.75, 3.05) is 26.2 Å². The third-order valence-electron chi connectivity index (χ3n) is 4.07. The van der Waals surface area contributed by atoms with Crippen molar-refractivity contribution in [2.45, 2.75) is 25.4 Å². The molecule has 2 amide bonds. The van der Waals surface area contributed by atoms with Crippen LogP contribution in [0.25, 0.3) is 0 Å². The average Bonchev–Trinajstić information content (AvgIpc) is 3.06. The predicted octanol–water partition coefficient (Wildman–Crippen LogP) is 0.541. The van der Waals surface area contributed by atoms with Crippen molar-refractivity contribution in [3.8, 4) is 0 Å². The van der Waals surface area contributed by atoms with Gasteiger partial charge in [0.05, 0.1) is 25.6 Å². The maximum Gasteiger partial charge on any atom is 0.248 e. The van der Waals surface area contributed by atoms with Crippen LogP contribution in [0.2, 0.25) is 0 Å². The molecular weight excluding hydrogens is 282 g/mol. The van der Waals surface area contributed by atoms with E-state index < -0.39 is 6.04 Å². The van der Waals surface area contributed by atoms with Gasteiger partial charge < -0.3 is 5.32 Å². The first-order valence-electron chi connectivity index (χ1n) is 7.73. The number of nitrogens with zero attached hydrogens (tertiary/aromatic N) is 2. The largest absolute Gasteiger partial charge is 0.353 e. The Bertz CT molecular complexity index is 529. The normalized spacial score (nSPS) is 22.6. The molecule has 2 fully saturated rings. The molecule has 6 nitrogen and oxygen atoms in total. The van der Waals surface area contributed by atoms with Crippen LogP contribution in [-0.4, -0.2) is 54.1 Å². The molecule has 1 atom stereocenters. The lowest BCUT2D eigenvalue weighted by Crippen LogP contribution is -2.56. The Morgan fingerprint density at radius 2 is 2.09 bits per heavy atom. The Hall–Kier alpha value is -1.92. The molecule has 0 radical (unpaired) electrons. The highest BCUT2D eigenvalue weighted by Crippen LogP contribution is 2.16. The van der Waals surface area contributed by atoms with Gasteiger partial charge in [-0.25, -0.2) is 5.06 Å². The number of hydroxylamine groups is 2. The maximum atomic E-state index is 12.3. The molecular formula is C16H21N3O3. The molecule has 1 unspecified atom stereocenters. The van der Waals surface area contributed by atoms with Gasteiger partial charge >= 0.3 is 0 Å². The molecule has 0 aliphatic carbocycles. The van der Waals surface area contributed by atoms with Gasteiger partial charge in [0.1, 0.15) is 0 Å². The Kier molecular flexibility index (Phi) is 4.70. The van der Waals surface area contributed by atoms with Gasteiger partial charge in [-0.3, -0.25) is 19.3 Å². The molecule has 118 valence electrons.